The van der Waals surface area contributed by atoms with Crippen LogP contribution in [0.5, 0.6) is 5.75 Å². The molecule has 1 aromatic carbocycles. The molecule has 1 N–H and O–H groups in total. The molecule has 1 amide bonds. The molecule has 3 rings (SSSR count). The molecule has 2 aliphatic rings. The first-order valence-corrected chi connectivity index (χ1v) is 6.79. The largest absolute Gasteiger partial charge is 0.496 e. The number of non-ortho nitro benzene ring substituents is 1. The molecule has 1 heterocycles. The molecule has 0 unspecified atom stereocenters. The van der Waals surface area contributed by atoms with Gasteiger partial charge in [0.1, 0.15) is 11.4 Å². The summed E-state index contributed by atoms with van der Waals surface area (Å²) in [7, 11) is 1.37. The molecular formula is C14H16N2O5. The SMILES string of the molecule is COc1cc([N+](=O)[O-])ccc1C(=O)N1CC(O)(C2CC2)C1. The summed E-state index contributed by atoms with van der Waals surface area (Å²) in [5, 5.41) is 21.0. The third-order valence-corrected chi connectivity index (χ3v) is 4.18. The highest BCUT2D eigenvalue weighted by Gasteiger charge is 2.53. The maximum absolute atomic E-state index is 12.4. The summed E-state index contributed by atoms with van der Waals surface area (Å²) in [6.07, 6.45) is 2.03. The van der Waals surface area contributed by atoms with Crippen LogP contribution in [0.2, 0.25) is 0 Å². The van der Waals surface area contributed by atoms with Crippen molar-refractivity contribution >= 4 is 11.6 Å². The van der Waals surface area contributed by atoms with E-state index in [9.17, 15) is 20.0 Å². The molecule has 0 spiro atoms. The van der Waals surface area contributed by atoms with Crippen LogP contribution in [0, 0.1) is 16.0 Å². The summed E-state index contributed by atoms with van der Waals surface area (Å²) in [4.78, 5) is 24.1. The lowest BCUT2D eigenvalue weighted by molar-refractivity contribution is -0.384. The lowest BCUT2D eigenvalue weighted by atomic mass is 9.88. The van der Waals surface area contributed by atoms with E-state index in [1.165, 1.54) is 25.3 Å². The van der Waals surface area contributed by atoms with E-state index in [2.05, 4.69) is 0 Å². The van der Waals surface area contributed by atoms with Gasteiger partial charge in [0, 0.05) is 6.07 Å². The maximum Gasteiger partial charge on any atom is 0.273 e. The minimum atomic E-state index is -0.746. The van der Waals surface area contributed by atoms with Gasteiger partial charge < -0.3 is 14.7 Å². The number of carbonyl (C=O) groups is 1. The number of hydrogen-bond acceptors (Lipinski definition) is 5. The molecule has 1 saturated carbocycles. The number of rotatable bonds is 4. The average molecular weight is 292 g/mol. The number of amides is 1. The van der Waals surface area contributed by atoms with E-state index in [0.717, 1.165) is 12.8 Å². The summed E-state index contributed by atoms with van der Waals surface area (Å²) in [5.41, 5.74) is -0.591. The number of methoxy groups -OCH3 is 1. The first-order chi connectivity index (χ1) is 9.94. The van der Waals surface area contributed by atoms with Crippen LogP contribution in [-0.2, 0) is 0 Å². The van der Waals surface area contributed by atoms with E-state index < -0.39 is 10.5 Å². The Morgan fingerprint density at radius 3 is 2.67 bits per heavy atom. The van der Waals surface area contributed by atoms with Gasteiger partial charge in [-0.3, -0.25) is 14.9 Å². The molecule has 7 heteroatoms. The standard InChI is InChI=1S/C14H16N2O5/c1-21-12-6-10(16(19)20)4-5-11(12)13(17)15-7-14(18,8-15)9-2-3-9/h4-6,9,18H,2-3,7-8H2,1H3. The molecule has 112 valence electrons. The summed E-state index contributed by atoms with van der Waals surface area (Å²) in [5.74, 6) is 0.212. The normalized spacial score (nSPS) is 19.8. The smallest absolute Gasteiger partial charge is 0.273 e. The molecule has 0 radical (unpaired) electrons. The molecule has 1 aliphatic heterocycles. The van der Waals surface area contributed by atoms with Gasteiger partial charge in [-0.1, -0.05) is 0 Å². The number of likely N-dealkylation sites (tertiary alicyclic amines) is 1. The van der Waals surface area contributed by atoms with Gasteiger partial charge in [0.25, 0.3) is 11.6 Å². The number of nitro groups is 1. The fourth-order valence-electron chi connectivity index (χ4n) is 2.78. The predicted octanol–water partition coefficient (Wildman–Crippen LogP) is 1.20. The molecule has 2 fully saturated rings. The number of carbonyl (C=O) groups excluding carboxylic acids is 1. The van der Waals surface area contributed by atoms with Gasteiger partial charge in [0.15, 0.2) is 0 Å². The van der Waals surface area contributed by atoms with Crippen LogP contribution in [0.15, 0.2) is 18.2 Å². The molecular weight excluding hydrogens is 276 g/mol. The number of nitro benzene ring substituents is 1. The number of nitrogens with zero attached hydrogens (tertiary/aromatic N) is 2. The summed E-state index contributed by atoms with van der Waals surface area (Å²) in [6, 6.07) is 3.91. The zero-order valence-electron chi connectivity index (χ0n) is 11.6. The summed E-state index contributed by atoms with van der Waals surface area (Å²) in [6.45, 7) is 0.632. The van der Waals surface area contributed by atoms with Gasteiger partial charge in [-0.05, 0) is 24.8 Å². The minimum Gasteiger partial charge on any atom is -0.496 e. The lowest BCUT2D eigenvalue weighted by Gasteiger charge is -2.47. The van der Waals surface area contributed by atoms with Crippen molar-refractivity contribution in [2.24, 2.45) is 5.92 Å². The first-order valence-electron chi connectivity index (χ1n) is 6.79. The minimum absolute atomic E-state index is 0.124. The fourth-order valence-corrected chi connectivity index (χ4v) is 2.78. The molecule has 1 aromatic rings. The van der Waals surface area contributed by atoms with Gasteiger partial charge in [-0.15, -0.1) is 0 Å². The van der Waals surface area contributed by atoms with Crippen LogP contribution in [0.25, 0.3) is 0 Å². The molecule has 1 saturated heterocycles. The highest BCUT2D eigenvalue weighted by molar-refractivity contribution is 5.98. The Labute approximate surface area is 121 Å². The van der Waals surface area contributed by atoms with E-state index in [1.807, 2.05) is 0 Å². The summed E-state index contributed by atoms with van der Waals surface area (Å²) >= 11 is 0. The second-order valence-corrected chi connectivity index (χ2v) is 5.68. The van der Waals surface area contributed by atoms with Crippen molar-refractivity contribution in [3.8, 4) is 5.75 Å². The van der Waals surface area contributed by atoms with Crippen molar-refractivity contribution < 1.29 is 19.6 Å². The zero-order valence-corrected chi connectivity index (χ0v) is 11.6. The van der Waals surface area contributed by atoms with Crippen molar-refractivity contribution in [1.29, 1.82) is 0 Å². The molecule has 1 aliphatic carbocycles. The molecule has 0 atom stereocenters. The van der Waals surface area contributed by atoms with Crippen molar-refractivity contribution in [1.82, 2.24) is 4.90 Å². The number of hydrogen-bond donors (Lipinski definition) is 1. The Hall–Kier alpha value is -2.15. The number of aliphatic hydroxyl groups is 1. The van der Waals surface area contributed by atoms with Crippen LogP contribution in [0.4, 0.5) is 5.69 Å². The van der Waals surface area contributed by atoms with E-state index in [0.29, 0.717) is 19.0 Å². The third-order valence-electron chi connectivity index (χ3n) is 4.18. The van der Waals surface area contributed by atoms with Gasteiger partial charge in [-0.25, -0.2) is 0 Å². The highest BCUT2D eigenvalue weighted by atomic mass is 16.6. The number of ether oxygens (including phenoxy) is 1. The number of β-amino-alcohol motifs (C(OH)–C–C–N with tert-alkyl or cyclic N) is 1. The molecule has 0 aromatic heterocycles. The second-order valence-electron chi connectivity index (χ2n) is 5.68. The Morgan fingerprint density at radius 1 is 1.48 bits per heavy atom. The van der Waals surface area contributed by atoms with Crippen molar-refractivity contribution in [3.63, 3.8) is 0 Å². The van der Waals surface area contributed by atoms with E-state index in [1.54, 1.807) is 4.90 Å². The van der Waals surface area contributed by atoms with Crippen LogP contribution >= 0.6 is 0 Å². The van der Waals surface area contributed by atoms with Crippen molar-refractivity contribution in [2.45, 2.75) is 18.4 Å². The molecule has 0 bridgehead atoms. The Morgan fingerprint density at radius 2 is 2.14 bits per heavy atom. The van der Waals surface area contributed by atoms with Crippen molar-refractivity contribution in [2.75, 3.05) is 20.2 Å². The highest BCUT2D eigenvalue weighted by Crippen LogP contribution is 2.45. The number of benzene rings is 1. The van der Waals surface area contributed by atoms with Gasteiger partial charge >= 0.3 is 0 Å². The van der Waals surface area contributed by atoms with Gasteiger partial charge in [-0.2, -0.15) is 0 Å². The Kier molecular flexibility index (Phi) is 3.09. The van der Waals surface area contributed by atoms with Gasteiger partial charge in [0.05, 0.1) is 36.8 Å². The molecule has 21 heavy (non-hydrogen) atoms. The maximum atomic E-state index is 12.4. The first kappa shape index (κ1) is 13.8. The topological polar surface area (TPSA) is 92.9 Å². The average Bonchev–Trinajstić information content (AvgIpc) is 3.27. The van der Waals surface area contributed by atoms with Gasteiger partial charge in [0.2, 0.25) is 0 Å². The third kappa shape index (κ3) is 2.33. The monoisotopic (exact) mass is 292 g/mol. The van der Waals surface area contributed by atoms with Crippen LogP contribution < -0.4 is 4.74 Å². The lowest BCUT2D eigenvalue weighted by Crippen LogP contribution is -2.64. The Bertz CT molecular complexity index is 605. The second kappa shape index (κ2) is 4.70. The molecule has 7 nitrogen and oxygen atoms in total. The quantitative estimate of drug-likeness (QED) is 0.665. The Balaban J connectivity index is 1.77. The van der Waals surface area contributed by atoms with E-state index in [4.69, 9.17) is 4.74 Å². The van der Waals surface area contributed by atoms with Crippen LogP contribution in [-0.4, -0.2) is 46.6 Å². The predicted molar refractivity (Wildman–Crippen MR) is 73.2 cm³/mol. The summed E-state index contributed by atoms with van der Waals surface area (Å²) < 4.78 is 5.07. The van der Waals surface area contributed by atoms with E-state index in [-0.39, 0.29) is 22.9 Å². The van der Waals surface area contributed by atoms with E-state index >= 15 is 0 Å². The zero-order chi connectivity index (χ0) is 15.2. The van der Waals surface area contributed by atoms with Crippen LogP contribution in [0.1, 0.15) is 23.2 Å². The fraction of sp³-hybridized carbons (Fsp3) is 0.500. The van der Waals surface area contributed by atoms with Crippen LogP contribution in [0.3, 0.4) is 0 Å². The van der Waals surface area contributed by atoms with Crippen molar-refractivity contribution in [3.05, 3.63) is 33.9 Å².